The molecule has 0 saturated carbocycles. The van der Waals surface area contributed by atoms with Crippen LogP contribution in [0.2, 0.25) is 0 Å². The number of allylic oxidation sites excluding steroid dienone is 2. The van der Waals surface area contributed by atoms with Crippen LogP contribution in [0.4, 0.5) is 5.82 Å². The summed E-state index contributed by atoms with van der Waals surface area (Å²) in [6.07, 6.45) is 1.22. The van der Waals surface area contributed by atoms with Crippen LogP contribution >= 0.6 is 27.7 Å². The van der Waals surface area contributed by atoms with Gasteiger partial charge in [0.25, 0.3) is 5.56 Å². The Morgan fingerprint density at radius 2 is 1.97 bits per heavy atom. The fraction of sp³-hybridized carbons (Fsp3) is 0.435. The van der Waals surface area contributed by atoms with E-state index in [9.17, 15) is 9.59 Å². The van der Waals surface area contributed by atoms with Crippen LogP contribution in [0.1, 0.15) is 57.6 Å². The molecule has 1 aromatic heterocycles. The van der Waals surface area contributed by atoms with E-state index in [2.05, 4.69) is 53.9 Å². The molecule has 158 valence electrons. The normalized spacial score (nSPS) is 20.1. The molecule has 2 N–H and O–H groups in total. The van der Waals surface area contributed by atoms with E-state index in [4.69, 9.17) is 4.98 Å². The highest BCUT2D eigenvalue weighted by Gasteiger charge is 2.42. The van der Waals surface area contributed by atoms with Gasteiger partial charge in [0.1, 0.15) is 5.82 Å². The van der Waals surface area contributed by atoms with Crippen LogP contribution in [0.25, 0.3) is 0 Å². The molecule has 2 aromatic rings. The number of ketones is 1. The highest BCUT2D eigenvalue weighted by Crippen LogP contribution is 2.48. The minimum atomic E-state index is -0.434. The number of thioether (sulfide) groups is 1. The van der Waals surface area contributed by atoms with E-state index in [0.717, 1.165) is 27.9 Å². The van der Waals surface area contributed by atoms with Gasteiger partial charge in [0.2, 0.25) is 0 Å². The van der Waals surface area contributed by atoms with E-state index in [1.807, 2.05) is 24.3 Å². The molecule has 1 aliphatic carbocycles. The first kappa shape index (κ1) is 21.4. The van der Waals surface area contributed by atoms with E-state index in [-0.39, 0.29) is 16.8 Å². The summed E-state index contributed by atoms with van der Waals surface area (Å²) in [7, 11) is 0. The van der Waals surface area contributed by atoms with E-state index in [0.29, 0.717) is 34.4 Å². The van der Waals surface area contributed by atoms with Crippen LogP contribution in [0.5, 0.6) is 0 Å². The number of anilines is 1. The van der Waals surface area contributed by atoms with Crippen LogP contribution < -0.4 is 10.9 Å². The zero-order chi connectivity index (χ0) is 21.6. The first-order chi connectivity index (χ1) is 14.2. The van der Waals surface area contributed by atoms with E-state index in [1.165, 1.54) is 0 Å². The van der Waals surface area contributed by atoms with Crippen LogP contribution in [-0.2, 0) is 4.79 Å². The molecular weight excluding hydrogens is 462 g/mol. The number of carbonyl (C=O) groups is 1. The van der Waals surface area contributed by atoms with Crippen molar-refractivity contribution in [2.24, 2.45) is 11.3 Å². The zero-order valence-electron chi connectivity index (χ0n) is 17.6. The Balaban J connectivity index is 1.91. The SMILES string of the molecule is CC(C)CSc1nc2c(c(=O)[nH]1)C(c1ccccc1Br)C1=C(CC(C)(C)CC1=O)N2. The molecule has 2 aliphatic rings. The summed E-state index contributed by atoms with van der Waals surface area (Å²) in [5.41, 5.74) is 2.70. The molecule has 4 rings (SSSR count). The Labute approximate surface area is 189 Å². The van der Waals surface area contributed by atoms with Crippen LogP contribution in [-0.4, -0.2) is 21.5 Å². The van der Waals surface area contributed by atoms with Gasteiger partial charge in [-0.2, -0.15) is 0 Å². The molecule has 0 radical (unpaired) electrons. The number of nitrogens with zero attached hydrogens (tertiary/aromatic N) is 1. The molecule has 0 fully saturated rings. The summed E-state index contributed by atoms with van der Waals surface area (Å²) in [5, 5.41) is 3.98. The number of carbonyl (C=O) groups excluding carboxylic acids is 1. The largest absolute Gasteiger partial charge is 0.343 e. The summed E-state index contributed by atoms with van der Waals surface area (Å²) < 4.78 is 0.880. The number of aromatic amines is 1. The summed E-state index contributed by atoms with van der Waals surface area (Å²) >= 11 is 5.18. The van der Waals surface area contributed by atoms with Gasteiger partial charge in [-0.3, -0.25) is 9.59 Å². The van der Waals surface area contributed by atoms with Gasteiger partial charge in [-0.15, -0.1) is 0 Å². The summed E-state index contributed by atoms with van der Waals surface area (Å²) in [6.45, 7) is 8.48. The molecule has 1 unspecified atom stereocenters. The molecule has 1 aliphatic heterocycles. The molecule has 30 heavy (non-hydrogen) atoms. The minimum Gasteiger partial charge on any atom is -0.343 e. The number of rotatable bonds is 4. The lowest BCUT2D eigenvalue weighted by Crippen LogP contribution is -2.37. The molecule has 0 amide bonds. The second-order valence-electron chi connectivity index (χ2n) is 9.25. The number of Topliss-reactive ketones (excluding diaryl/α,β-unsaturated/α-hetero) is 1. The summed E-state index contributed by atoms with van der Waals surface area (Å²) in [6, 6.07) is 7.80. The number of aromatic nitrogens is 2. The first-order valence-corrected chi connectivity index (χ1v) is 12.0. The third-order valence-corrected chi connectivity index (χ3v) is 7.49. The number of H-pyrrole nitrogens is 1. The number of hydrogen-bond acceptors (Lipinski definition) is 5. The van der Waals surface area contributed by atoms with Gasteiger partial charge in [-0.1, -0.05) is 73.6 Å². The quantitative estimate of drug-likeness (QED) is 0.440. The van der Waals surface area contributed by atoms with Gasteiger partial charge in [0, 0.05) is 33.8 Å². The van der Waals surface area contributed by atoms with Crippen molar-refractivity contribution >= 4 is 39.3 Å². The van der Waals surface area contributed by atoms with Crippen molar-refractivity contribution in [2.45, 2.75) is 51.6 Å². The molecule has 1 atom stereocenters. The van der Waals surface area contributed by atoms with Crippen molar-refractivity contribution in [3.8, 4) is 0 Å². The molecule has 1 aromatic carbocycles. The minimum absolute atomic E-state index is 0.0952. The Hall–Kier alpha value is -1.86. The molecule has 7 heteroatoms. The fourth-order valence-corrected chi connectivity index (χ4v) is 5.55. The highest BCUT2D eigenvalue weighted by molar-refractivity contribution is 9.10. The second kappa shape index (κ2) is 8.00. The van der Waals surface area contributed by atoms with Gasteiger partial charge in [-0.05, 0) is 29.4 Å². The second-order valence-corrected chi connectivity index (χ2v) is 11.1. The number of benzene rings is 1. The van der Waals surface area contributed by atoms with Gasteiger partial charge in [0.15, 0.2) is 10.9 Å². The standard InChI is InChI=1S/C23H26BrN3O2S/c1-12(2)11-30-22-26-20-19(21(29)27-22)17(13-7-5-6-8-14(13)24)18-15(25-20)9-23(3,4)10-16(18)28/h5-8,12,17H,9-11H2,1-4H3,(H2,25,26,27,29). The van der Waals surface area contributed by atoms with Crippen molar-refractivity contribution < 1.29 is 4.79 Å². The molecule has 0 bridgehead atoms. The zero-order valence-corrected chi connectivity index (χ0v) is 20.0. The van der Waals surface area contributed by atoms with Gasteiger partial charge in [-0.25, -0.2) is 4.98 Å². The summed E-state index contributed by atoms with van der Waals surface area (Å²) in [5.74, 6) is 1.58. The topological polar surface area (TPSA) is 74.8 Å². The fourth-order valence-electron chi connectivity index (χ4n) is 4.23. The van der Waals surface area contributed by atoms with Gasteiger partial charge < -0.3 is 10.3 Å². The molecule has 0 spiro atoms. The van der Waals surface area contributed by atoms with Gasteiger partial charge in [0.05, 0.1) is 5.56 Å². The third kappa shape index (κ3) is 4.02. The smallest absolute Gasteiger partial charge is 0.257 e. The van der Waals surface area contributed by atoms with Crippen molar-refractivity contribution in [1.29, 1.82) is 0 Å². The Kier molecular flexibility index (Phi) is 5.70. The number of hydrogen-bond donors (Lipinski definition) is 2. The number of fused-ring (bicyclic) bond motifs is 1. The van der Waals surface area contributed by atoms with Crippen molar-refractivity contribution in [3.63, 3.8) is 0 Å². The third-order valence-electron chi connectivity index (χ3n) is 5.47. The van der Waals surface area contributed by atoms with Crippen molar-refractivity contribution in [2.75, 3.05) is 11.1 Å². The maximum absolute atomic E-state index is 13.3. The number of halogens is 1. The number of nitrogens with one attached hydrogen (secondary N) is 2. The average Bonchev–Trinajstić information content (AvgIpc) is 2.64. The lowest BCUT2D eigenvalue weighted by Gasteiger charge is -2.38. The van der Waals surface area contributed by atoms with Crippen molar-refractivity contribution in [3.05, 3.63) is 61.5 Å². The Morgan fingerprint density at radius 3 is 2.67 bits per heavy atom. The highest BCUT2D eigenvalue weighted by atomic mass is 79.9. The maximum atomic E-state index is 13.3. The average molecular weight is 488 g/mol. The Bertz CT molecular complexity index is 1100. The predicted octanol–water partition coefficient (Wildman–Crippen LogP) is 5.48. The van der Waals surface area contributed by atoms with E-state index < -0.39 is 5.92 Å². The lowest BCUT2D eigenvalue weighted by atomic mass is 9.69. The monoisotopic (exact) mass is 487 g/mol. The Morgan fingerprint density at radius 1 is 1.23 bits per heavy atom. The van der Waals surface area contributed by atoms with E-state index in [1.54, 1.807) is 11.8 Å². The maximum Gasteiger partial charge on any atom is 0.257 e. The molecule has 5 nitrogen and oxygen atoms in total. The molecular formula is C23H26BrN3O2S. The molecule has 0 saturated heterocycles. The van der Waals surface area contributed by atoms with Crippen LogP contribution in [0, 0.1) is 11.3 Å². The van der Waals surface area contributed by atoms with E-state index >= 15 is 0 Å². The van der Waals surface area contributed by atoms with Crippen molar-refractivity contribution in [1.82, 2.24) is 9.97 Å². The van der Waals surface area contributed by atoms with Crippen LogP contribution in [0.3, 0.4) is 0 Å². The summed E-state index contributed by atoms with van der Waals surface area (Å²) in [4.78, 5) is 34.2. The molecule has 2 heterocycles. The van der Waals surface area contributed by atoms with Gasteiger partial charge >= 0.3 is 0 Å². The van der Waals surface area contributed by atoms with Crippen LogP contribution in [0.15, 0.2) is 50.0 Å². The lowest BCUT2D eigenvalue weighted by molar-refractivity contribution is -0.118. The predicted molar refractivity (Wildman–Crippen MR) is 125 cm³/mol. The first-order valence-electron chi connectivity index (χ1n) is 10.2.